The first-order chi connectivity index (χ1) is 5.07. The Hall–Kier alpha value is 0.250. The van der Waals surface area contributed by atoms with E-state index in [1.165, 1.54) is 12.8 Å². The standard InChI is InChI=1S/C9H20ClN/c1-5-6-9(3)11(4)7-8(2)10/h8-9H,5-7H2,1-4H3. The summed E-state index contributed by atoms with van der Waals surface area (Å²) >= 11 is 5.88. The fraction of sp³-hybridized carbons (Fsp3) is 1.00. The van der Waals surface area contributed by atoms with Gasteiger partial charge in [0.15, 0.2) is 0 Å². The number of hydrogen-bond donors (Lipinski definition) is 0. The zero-order valence-electron chi connectivity index (χ0n) is 8.10. The van der Waals surface area contributed by atoms with Gasteiger partial charge in [-0.1, -0.05) is 13.3 Å². The molecule has 0 aromatic carbocycles. The van der Waals surface area contributed by atoms with Gasteiger partial charge < -0.3 is 4.90 Å². The fourth-order valence-electron chi connectivity index (χ4n) is 1.21. The summed E-state index contributed by atoms with van der Waals surface area (Å²) < 4.78 is 0. The molecule has 0 aliphatic carbocycles. The predicted octanol–water partition coefficient (Wildman–Crippen LogP) is 2.73. The van der Waals surface area contributed by atoms with Crippen LogP contribution >= 0.6 is 11.6 Å². The molecule has 2 atom stereocenters. The van der Waals surface area contributed by atoms with Gasteiger partial charge in [0.05, 0.1) is 0 Å². The first kappa shape index (κ1) is 11.2. The summed E-state index contributed by atoms with van der Waals surface area (Å²) in [5, 5.41) is 0.263. The fourth-order valence-corrected chi connectivity index (χ4v) is 1.43. The zero-order chi connectivity index (χ0) is 8.85. The van der Waals surface area contributed by atoms with Crippen LogP contribution in [0.4, 0.5) is 0 Å². The summed E-state index contributed by atoms with van der Waals surface area (Å²) in [6.45, 7) is 7.50. The van der Waals surface area contributed by atoms with Crippen molar-refractivity contribution in [2.45, 2.75) is 45.0 Å². The summed E-state index contributed by atoms with van der Waals surface area (Å²) in [4.78, 5) is 2.32. The maximum atomic E-state index is 5.88. The maximum Gasteiger partial charge on any atom is 0.0435 e. The lowest BCUT2D eigenvalue weighted by Gasteiger charge is -2.25. The van der Waals surface area contributed by atoms with Crippen LogP contribution in [0.15, 0.2) is 0 Å². The van der Waals surface area contributed by atoms with Gasteiger partial charge in [-0.25, -0.2) is 0 Å². The van der Waals surface area contributed by atoms with Crippen LogP contribution in [0, 0.1) is 0 Å². The average molecular weight is 178 g/mol. The SMILES string of the molecule is CCCC(C)N(C)CC(C)Cl. The van der Waals surface area contributed by atoms with Crippen LogP contribution in [0.5, 0.6) is 0 Å². The van der Waals surface area contributed by atoms with Crippen LogP contribution in [0.3, 0.4) is 0 Å². The molecule has 11 heavy (non-hydrogen) atoms. The van der Waals surface area contributed by atoms with Crippen molar-refractivity contribution in [3.63, 3.8) is 0 Å². The number of alkyl halides is 1. The molecule has 0 N–H and O–H groups in total. The first-order valence-electron chi connectivity index (χ1n) is 4.42. The second kappa shape index (κ2) is 5.84. The van der Waals surface area contributed by atoms with E-state index in [9.17, 15) is 0 Å². The van der Waals surface area contributed by atoms with Crippen LogP contribution in [0.25, 0.3) is 0 Å². The minimum Gasteiger partial charge on any atom is -0.302 e. The summed E-state index contributed by atoms with van der Waals surface area (Å²) in [5.41, 5.74) is 0. The number of rotatable bonds is 5. The smallest absolute Gasteiger partial charge is 0.0435 e. The van der Waals surface area contributed by atoms with Crippen LogP contribution < -0.4 is 0 Å². The Morgan fingerprint density at radius 1 is 1.36 bits per heavy atom. The summed E-state index contributed by atoms with van der Waals surface area (Å²) in [7, 11) is 2.14. The molecule has 0 saturated carbocycles. The van der Waals surface area contributed by atoms with E-state index in [1.54, 1.807) is 0 Å². The monoisotopic (exact) mass is 177 g/mol. The topological polar surface area (TPSA) is 3.24 Å². The zero-order valence-corrected chi connectivity index (χ0v) is 8.86. The number of halogens is 1. The Labute approximate surface area is 75.7 Å². The highest BCUT2D eigenvalue weighted by molar-refractivity contribution is 6.20. The molecule has 0 aliphatic heterocycles. The van der Waals surface area contributed by atoms with E-state index in [1.807, 2.05) is 6.92 Å². The van der Waals surface area contributed by atoms with Gasteiger partial charge in [0.2, 0.25) is 0 Å². The molecule has 0 rings (SSSR count). The van der Waals surface area contributed by atoms with E-state index in [0.717, 1.165) is 6.54 Å². The second-order valence-electron chi connectivity index (χ2n) is 3.36. The van der Waals surface area contributed by atoms with Gasteiger partial charge in [0, 0.05) is 18.0 Å². The molecule has 0 aromatic rings. The Morgan fingerprint density at radius 3 is 2.27 bits per heavy atom. The highest BCUT2D eigenvalue weighted by Crippen LogP contribution is 2.06. The third-order valence-electron chi connectivity index (χ3n) is 2.00. The first-order valence-corrected chi connectivity index (χ1v) is 4.85. The molecule has 0 spiro atoms. The Kier molecular flexibility index (Phi) is 5.98. The average Bonchev–Trinajstić information content (AvgIpc) is 1.86. The molecule has 0 fully saturated rings. The van der Waals surface area contributed by atoms with E-state index in [2.05, 4.69) is 25.8 Å². The minimum absolute atomic E-state index is 0.263. The number of nitrogens with zero attached hydrogens (tertiary/aromatic N) is 1. The molecule has 0 bridgehead atoms. The highest BCUT2D eigenvalue weighted by Gasteiger charge is 2.09. The molecule has 1 nitrogen and oxygen atoms in total. The van der Waals surface area contributed by atoms with Crippen molar-refractivity contribution in [1.82, 2.24) is 4.90 Å². The molecule has 68 valence electrons. The largest absolute Gasteiger partial charge is 0.302 e. The number of hydrogen-bond acceptors (Lipinski definition) is 1. The Morgan fingerprint density at radius 2 is 1.91 bits per heavy atom. The van der Waals surface area contributed by atoms with Crippen molar-refractivity contribution in [3.8, 4) is 0 Å². The van der Waals surface area contributed by atoms with Gasteiger partial charge in [-0.05, 0) is 27.3 Å². The van der Waals surface area contributed by atoms with Crippen molar-refractivity contribution in [2.24, 2.45) is 0 Å². The molecule has 2 unspecified atom stereocenters. The molecule has 0 heterocycles. The van der Waals surface area contributed by atoms with Gasteiger partial charge in [0.25, 0.3) is 0 Å². The van der Waals surface area contributed by atoms with Crippen LogP contribution in [0.1, 0.15) is 33.6 Å². The van der Waals surface area contributed by atoms with Crippen molar-refractivity contribution in [2.75, 3.05) is 13.6 Å². The van der Waals surface area contributed by atoms with E-state index in [-0.39, 0.29) is 5.38 Å². The van der Waals surface area contributed by atoms with Crippen molar-refractivity contribution in [1.29, 1.82) is 0 Å². The van der Waals surface area contributed by atoms with Crippen LogP contribution in [-0.4, -0.2) is 29.9 Å². The predicted molar refractivity (Wildman–Crippen MR) is 52.3 cm³/mol. The van der Waals surface area contributed by atoms with E-state index < -0.39 is 0 Å². The molecule has 2 heteroatoms. The summed E-state index contributed by atoms with van der Waals surface area (Å²) in [5.74, 6) is 0. The van der Waals surface area contributed by atoms with Crippen LogP contribution in [-0.2, 0) is 0 Å². The minimum atomic E-state index is 0.263. The van der Waals surface area contributed by atoms with Crippen molar-refractivity contribution in [3.05, 3.63) is 0 Å². The van der Waals surface area contributed by atoms with Crippen molar-refractivity contribution >= 4 is 11.6 Å². The van der Waals surface area contributed by atoms with Gasteiger partial charge in [-0.3, -0.25) is 0 Å². The third kappa shape index (κ3) is 5.51. The third-order valence-corrected chi connectivity index (χ3v) is 2.14. The Balaban J connectivity index is 3.54. The summed E-state index contributed by atoms with van der Waals surface area (Å²) in [6, 6.07) is 0.668. The van der Waals surface area contributed by atoms with Gasteiger partial charge in [0.1, 0.15) is 0 Å². The molecular formula is C9H20ClN. The van der Waals surface area contributed by atoms with Gasteiger partial charge in [-0.15, -0.1) is 11.6 Å². The van der Waals surface area contributed by atoms with Crippen LogP contribution in [0.2, 0.25) is 0 Å². The van der Waals surface area contributed by atoms with Gasteiger partial charge in [-0.2, -0.15) is 0 Å². The van der Waals surface area contributed by atoms with Crippen molar-refractivity contribution < 1.29 is 0 Å². The maximum absolute atomic E-state index is 5.88. The molecule has 0 aromatic heterocycles. The van der Waals surface area contributed by atoms with E-state index in [4.69, 9.17) is 11.6 Å². The molecule has 0 aliphatic rings. The molecule has 0 amide bonds. The lowest BCUT2D eigenvalue weighted by atomic mass is 10.2. The molecule has 0 radical (unpaired) electrons. The normalized spacial score (nSPS) is 16.9. The quantitative estimate of drug-likeness (QED) is 0.584. The summed E-state index contributed by atoms with van der Waals surface area (Å²) in [6.07, 6.45) is 2.52. The lowest BCUT2D eigenvalue weighted by Crippen LogP contribution is -2.33. The molecular weight excluding hydrogens is 158 g/mol. The van der Waals surface area contributed by atoms with E-state index in [0.29, 0.717) is 6.04 Å². The van der Waals surface area contributed by atoms with Gasteiger partial charge >= 0.3 is 0 Å². The van der Waals surface area contributed by atoms with E-state index >= 15 is 0 Å². The highest BCUT2D eigenvalue weighted by atomic mass is 35.5. The lowest BCUT2D eigenvalue weighted by molar-refractivity contribution is 0.247. The Bertz CT molecular complexity index is 93.6. The molecule has 0 saturated heterocycles. The second-order valence-corrected chi connectivity index (χ2v) is 4.10.